The maximum absolute atomic E-state index is 2.60. The van der Waals surface area contributed by atoms with Gasteiger partial charge in [-0.05, 0) is 78.3 Å². The van der Waals surface area contributed by atoms with Crippen molar-refractivity contribution >= 4 is 0 Å². The molecule has 0 aromatic heterocycles. The average Bonchev–Trinajstić information content (AvgIpc) is 3.11. The molecule has 0 N–H and O–H groups in total. The summed E-state index contributed by atoms with van der Waals surface area (Å²) in [5.74, 6) is 2.10. The molecular formula is C19H36N2. The molecule has 0 amide bonds. The number of likely N-dealkylation sites (tertiary alicyclic amines) is 2. The number of rotatable bonds is 0. The molecule has 0 radical (unpaired) electrons. The van der Waals surface area contributed by atoms with Gasteiger partial charge in [0, 0.05) is 24.2 Å². The lowest BCUT2D eigenvalue weighted by Crippen LogP contribution is -2.34. The maximum Gasteiger partial charge on any atom is 0.0124 e. The van der Waals surface area contributed by atoms with Crippen LogP contribution in [0.4, 0.5) is 0 Å². The first-order valence-electron chi connectivity index (χ1n) is 9.51. The zero-order valence-corrected chi connectivity index (χ0v) is 14.7. The Labute approximate surface area is 132 Å². The fourth-order valence-electron chi connectivity index (χ4n) is 5.69. The van der Waals surface area contributed by atoms with Crippen LogP contribution in [0.1, 0.15) is 71.6 Å². The van der Waals surface area contributed by atoms with Gasteiger partial charge in [-0.15, -0.1) is 0 Å². The van der Waals surface area contributed by atoms with Crippen LogP contribution in [-0.2, 0) is 0 Å². The van der Waals surface area contributed by atoms with Crippen molar-refractivity contribution in [2.45, 2.75) is 95.8 Å². The second kappa shape index (κ2) is 6.58. The summed E-state index contributed by atoms with van der Waals surface area (Å²) in [6.45, 7) is 4.73. The summed E-state index contributed by atoms with van der Waals surface area (Å²) in [6.07, 6.45) is 13.3. The van der Waals surface area contributed by atoms with E-state index < -0.39 is 0 Å². The average molecular weight is 293 g/mol. The number of hydrogen-bond donors (Lipinski definition) is 0. The molecule has 0 aromatic rings. The minimum Gasteiger partial charge on any atom is -0.300 e. The normalized spacial score (nSPS) is 46.9. The predicted octanol–water partition coefficient (Wildman–Crippen LogP) is 4.15. The van der Waals surface area contributed by atoms with E-state index in [4.69, 9.17) is 0 Å². The first-order valence-corrected chi connectivity index (χ1v) is 9.51. The fourth-order valence-corrected chi connectivity index (χ4v) is 5.69. The number of nitrogens with zero attached hydrogens (tertiary/aromatic N) is 2. The Morgan fingerprint density at radius 1 is 0.619 bits per heavy atom. The van der Waals surface area contributed by atoms with Crippen LogP contribution in [0.15, 0.2) is 0 Å². The van der Waals surface area contributed by atoms with Gasteiger partial charge in [0.2, 0.25) is 0 Å². The lowest BCUT2D eigenvalue weighted by atomic mass is 9.85. The molecule has 6 unspecified atom stereocenters. The van der Waals surface area contributed by atoms with E-state index >= 15 is 0 Å². The Morgan fingerprint density at radius 3 is 1.57 bits per heavy atom. The van der Waals surface area contributed by atoms with Gasteiger partial charge in [-0.3, -0.25) is 0 Å². The Hall–Kier alpha value is -0.0800. The predicted molar refractivity (Wildman–Crippen MR) is 90.6 cm³/mol. The molecule has 4 rings (SSSR count). The number of fused-ring (bicyclic) bond motifs is 2. The van der Waals surface area contributed by atoms with Crippen LogP contribution in [0.2, 0.25) is 0 Å². The zero-order chi connectivity index (χ0) is 15.0. The summed E-state index contributed by atoms with van der Waals surface area (Å²) in [5.41, 5.74) is 0. The van der Waals surface area contributed by atoms with Crippen LogP contribution in [0.3, 0.4) is 0 Å². The topological polar surface area (TPSA) is 6.48 Å². The molecule has 2 saturated carbocycles. The van der Waals surface area contributed by atoms with Crippen LogP contribution >= 0.6 is 0 Å². The van der Waals surface area contributed by atoms with E-state index in [-0.39, 0.29) is 0 Å². The second-order valence-corrected chi connectivity index (χ2v) is 8.37. The third-order valence-corrected chi connectivity index (χ3v) is 7.21. The van der Waals surface area contributed by atoms with Gasteiger partial charge in [-0.2, -0.15) is 0 Å². The molecule has 4 fully saturated rings. The molecule has 21 heavy (non-hydrogen) atoms. The summed E-state index contributed by atoms with van der Waals surface area (Å²) in [6, 6.07) is 3.60. The van der Waals surface area contributed by atoms with E-state index in [0.29, 0.717) is 0 Å². The molecule has 0 bridgehead atoms. The molecule has 2 saturated heterocycles. The first-order chi connectivity index (χ1) is 10.1. The molecular weight excluding hydrogens is 256 g/mol. The van der Waals surface area contributed by atoms with Gasteiger partial charge in [0.15, 0.2) is 0 Å². The quantitative estimate of drug-likeness (QED) is 0.662. The van der Waals surface area contributed by atoms with Crippen molar-refractivity contribution in [2.75, 3.05) is 14.1 Å². The van der Waals surface area contributed by atoms with Crippen LogP contribution < -0.4 is 0 Å². The van der Waals surface area contributed by atoms with Crippen LogP contribution in [0, 0.1) is 11.8 Å². The largest absolute Gasteiger partial charge is 0.300 e. The smallest absolute Gasteiger partial charge is 0.0124 e. The van der Waals surface area contributed by atoms with Crippen molar-refractivity contribution < 1.29 is 0 Å². The van der Waals surface area contributed by atoms with E-state index in [1.807, 2.05) is 0 Å². The van der Waals surface area contributed by atoms with Crippen molar-refractivity contribution in [1.29, 1.82) is 0 Å². The zero-order valence-electron chi connectivity index (χ0n) is 14.7. The van der Waals surface area contributed by atoms with Gasteiger partial charge >= 0.3 is 0 Å². The third kappa shape index (κ3) is 3.17. The second-order valence-electron chi connectivity index (χ2n) is 8.37. The van der Waals surface area contributed by atoms with Gasteiger partial charge in [0.1, 0.15) is 0 Å². The molecule has 2 heteroatoms. The van der Waals surface area contributed by atoms with Gasteiger partial charge in [-0.1, -0.05) is 19.3 Å². The van der Waals surface area contributed by atoms with Crippen molar-refractivity contribution in [1.82, 2.24) is 9.80 Å². The summed E-state index contributed by atoms with van der Waals surface area (Å²) < 4.78 is 0. The summed E-state index contributed by atoms with van der Waals surface area (Å²) >= 11 is 0. The molecule has 4 aliphatic rings. The third-order valence-electron chi connectivity index (χ3n) is 7.21. The molecule has 122 valence electrons. The summed E-state index contributed by atoms with van der Waals surface area (Å²) in [5, 5.41) is 0. The Morgan fingerprint density at radius 2 is 1.05 bits per heavy atom. The maximum atomic E-state index is 2.60. The Bertz CT molecular complexity index is 340. The highest BCUT2D eigenvalue weighted by molar-refractivity contribution is 4.94. The molecule has 2 nitrogen and oxygen atoms in total. The highest BCUT2D eigenvalue weighted by Crippen LogP contribution is 2.40. The fraction of sp³-hybridized carbons (Fsp3) is 1.00. The monoisotopic (exact) mass is 292 g/mol. The Kier molecular flexibility index (Phi) is 4.95. The van der Waals surface area contributed by atoms with Crippen LogP contribution in [0.25, 0.3) is 0 Å². The SMILES string of the molecule is CC1CC2CCCC2N1C.CC1CC2CCCCC2N1C. The molecule has 6 atom stereocenters. The molecule has 2 aliphatic carbocycles. The molecule has 2 aliphatic heterocycles. The standard InChI is InChI=1S/C10H19N.C9H17N/c1-8-7-9-5-3-4-6-10(9)11(8)2;1-7-6-8-4-3-5-9(8)10(7)2/h8-10H,3-7H2,1-2H3;7-9H,3-6H2,1-2H3. The van der Waals surface area contributed by atoms with Crippen molar-refractivity contribution in [3.05, 3.63) is 0 Å². The highest BCUT2D eigenvalue weighted by Gasteiger charge is 2.39. The van der Waals surface area contributed by atoms with Crippen LogP contribution in [-0.4, -0.2) is 48.1 Å². The molecule has 2 heterocycles. The summed E-state index contributed by atoms with van der Waals surface area (Å²) in [4.78, 5) is 5.18. The lowest BCUT2D eigenvalue weighted by molar-refractivity contribution is 0.192. The number of hydrogen-bond acceptors (Lipinski definition) is 2. The van der Waals surface area contributed by atoms with Gasteiger partial charge in [-0.25, -0.2) is 0 Å². The van der Waals surface area contributed by atoms with E-state index in [9.17, 15) is 0 Å². The summed E-state index contributed by atoms with van der Waals surface area (Å²) in [7, 11) is 4.60. The molecule has 0 spiro atoms. The van der Waals surface area contributed by atoms with E-state index in [1.165, 1.54) is 57.8 Å². The first kappa shape index (κ1) is 15.8. The lowest BCUT2D eigenvalue weighted by Gasteiger charge is -2.30. The minimum atomic E-state index is 0.850. The minimum absolute atomic E-state index is 0.850. The van der Waals surface area contributed by atoms with E-state index in [1.54, 1.807) is 0 Å². The van der Waals surface area contributed by atoms with Gasteiger partial charge in [0.05, 0.1) is 0 Å². The van der Waals surface area contributed by atoms with Crippen molar-refractivity contribution in [2.24, 2.45) is 11.8 Å². The van der Waals surface area contributed by atoms with E-state index in [2.05, 4.69) is 37.7 Å². The van der Waals surface area contributed by atoms with Gasteiger partial charge in [0.25, 0.3) is 0 Å². The van der Waals surface area contributed by atoms with E-state index in [0.717, 1.165) is 36.0 Å². The van der Waals surface area contributed by atoms with Crippen LogP contribution in [0.5, 0.6) is 0 Å². The van der Waals surface area contributed by atoms with Crippen molar-refractivity contribution in [3.63, 3.8) is 0 Å². The Balaban J connectivity index is 0.000000126. The molecule has 0 aromatic carbocycles. The van der Waals surface area contributed by atoms with Crippen molar-refractivity contribution in [3.8, 4) is 0 Å². The highest BCUT2D eigenvalue weighted by atomic mass is 15.2. The van der Waals surface area contributed by atoms with Gasteiger partial charge < -0.3 is 9.80 Å².